The Morgan fingerprint density at radius 3 is 2.72 bits per heavy atom. The molecular formula is C13H18N2O3. The van der Waals surface area contributed by atoms with Crippen LogP contribution in [-0.2, 0) is 0 Å². The van der Waals surface area contributed by atoms with Gasteiger partial charge in [0.2, 0.25) is 0 Å². The summed E-state index contributed by atoms with van der Waals surface area (Å²) in [5.74, 6) is 0.490. The predicted octanol–water partition coefficient (Wildman–Crippen LogP) is 2.11. The summed E-state index contributed by atoms with van der Waals surface area (Å²) in [6, 6.07) is 4.92. The predicted molar refractivity (Wildman–Crippen MR) is 69.8 cm³/mol. The standard InChI is InChI=1S/C13H18N2O3/c1-9-3-4-11(15(17)18)7-13(9)14(2)8-10-5-12(16)6-10/h3-4,7,10,12,16H,5-6,8H2,1-2H3. The molecule has 1 saturated carbocycles. The van der Waals surface area contributed by atoms with Crippen LogP contribution in [0.1, 0.15) is 18.4 Å². The largest absolute Gasteiger partial charge is 0.393 e. The van der Waals surface area contributed by atoms with E-state index in [0.717, 1.165) is 30.6 Å². The van der Waals surface area contributed by atoms with E-state index in [0.29, 0.717) is 5.92 Å². The Bertz CT molecular complexity index is 456. The Morgan fingerprint density at radius 2 is 2.17 bits per heavy atom. The molecule has 1 aromatic carbocycles. The van der Waals surface area contributed by atoms with Crippen molar-refractivity contribution in [3.05, 3.63) is 33.9 Å². The van der Waals surface area contributed by atoms with Gasteiger partial charge in [-0.05, 0) is 31.2 Å². The highest BCUT2D eigenvalue weighted by Crippen LogP contribution is 2.31. The van der Waals surface area contributed by atoms with E-state index in [1.165, 1.54) is 6.07 Å². The molecule has 0 radical (unpaired) electrons. The fraction of sp³-hybridized carbons (Fsp3) is 0.538. The van der Waals surface area contributed by atoms with Gasteiger partial charge in [-0.3, -0.25) is 10.1 Å². The molecular weight excluding hydrogens is 232 g/mol. The highest BCUT2D eigenvalue weighted by molar-refractivity contribution is 5.58. The molecule has 0 atom stereocenters. The first-order valence-corrected chi connectivity index (χ1v) is 6.11. The van der Waals surface area contributed by atoms with Crippen molar-refractivity contribution < 1.29 is 10.0 Å². The lowest BCUT2D eigenvalue weighted by Gasteiger charge is -2.35. The molecule has 2 rings (SSSR count). The lowest BCUT2D eigenvalue weighted by atomic mass is 9.82. The minimum Gasteiger partial charge on any atom is -0.393 e. The van der Waals surface area contributed by atoms with Crippen LogP contribution in [0.5, 0.6) is 0 Å². The molecule has 1 aliphatic rings. The lowest BCUT2D eigenvalue weighted by molar-refractivity contribution is -0.384. The van der Waals surface area contributed by atoms with Crippen LogP contribution >= 0.6 is 0 Å². The summed E-state index contributed by atoms with van der Waals surface area (Å²) in [6.07, 6.45) is 1.51. The van der Waals surface area contributed by atoms with Gasteiger partial charge in [-0.1, -0.05) is 6.07 Å². The van der Waals surface area contributed by atoms with E-state index in [2.05, 4.69) is 0 Å². The number of hydrogen-bond acceptors (Lipinski definition) is 4. The molecule has 5 heteroatoms. The number of aliphatic hydroxyl groups excluding tert-OH is 1. The molecule has 1 N–H and O–H groups in total. The lowest BCUT2D eigenvalue weighted by Crippen LogP contribution is -2.37. The van der Waals surface area contributed by atoms with E-state index in [4.69, 9.17) is 0 Å². The van der Waals surface area contributed by atoms with E-state index in [-0.39, 0.29) is 16.7 Å². The van der Waals surface area contributed by atoms with Crippen LogP contribution in [0.15, 0.2) is 18.2 Å². The molecule has 98 valence electrons. The van der Waals surface area contributed by atoms with Crippen molar-refractivity contribution >= 4 is 11.4 Å². The third-order valence-electron chi connectivity index (χ3n) is 3.56. The maximum Gasteiger partial charge on any atom is 0.271 e. The molecule has 0 saturated heterocycles. The Hall–Kier alpha value is -1.62. The van der Waals surface area contributed by atoms with Crippen LogP contribution in [0.3, 0.4) is 0 Å². The SMILES string of the molecule is Cc1ccc([N+](=O)[O-])cc1N(C)CC1CC(O)C1. The van der Waals surface area contributed by atoms with Gasteiger partial charge in [0, 0.05) is 31.4 Å². The third-order valence-corrected chi connectivity index (χ3v) is 3.56. The van der Waals surface area contributed by atoms with Gasteiger partial charge in [0.15, 0.2) is 0 Å². The molecule has 5 nitrogen and oxygen atoms in total. The zero-order chi connectivity index (χ0) is 13.3. The number of nitrogens with zero attached hydrogens (tertiary/aromatic N) is 2. The van der Waals surface area contributed by atoms with Crippen molar-refractivity contribution in [1.29, 1.82) is 0 Å². The van der Waals surface area contributed by atoms with Gasteiger partial charge >= 0.3 is 0 Å². The molecule has 0 amide bonds. The summed E-state index contributed by atoms with van der Waals surface area (Å²) in [6.45, 7) is 2.78. The summed E-state index contributed by atoms with van der Waals surface area (Å²) >= 11 is 0. The number of benzene rings is 1. The van der Waals surface area contributed by atoms with Gasteiger partial charge < -0.3 is 10.0 Å². The number of aliphatic hydroxyl groups is 1. The molecule has 0 spiro atoms. The smallest absolute Gasteiger partial charge is 0.271 e. The van der Waals surface area contributed by atoms with Crippen LogP contribution in [0.2, 0.25) is 0 Å². The topological polar surface area (TPSA) is 66.6 Å². The average molecular weight is 250 g/mol. The van der Waals surface area contributed by atoms with Crippen molar-refractivity contribution in [2.75, 3.05) is 18.5 Å². The Balaban J connectivity index is 2.10. The van der Waals surface area contributed by atoms with Gasteiger partial charge in [0.05, 0.1) is 11.0 Å². The zero-order valence-corrected chi connectivity index (χ0v) is 10.7. The quantitative estimate of drug-likeness (QED) is 0.656. The van der Waals surface area contributed by atoms with E-state index >= 15 is 0 Å². The molecule has 0 aromatic heterocycles. The second-order valence-corrected chi connectivity index (χ2v) is 5.10. The van der Waals surface area contributed by atoms with Crippen LogP contribution in [0.25, 0.3) is 0 Å². The molecule has 0 aliphatic heterocycles. The fourth-order valence-corrected chi connectivity index (χ4v) is 2.46. The average Bonchev–Trinajstić information content (AvgIpc) is 2.27. The van der Waals surface area contributed by atoms with Gasteiger partial charge in [-0.2, -0.15) is 0 Å². The van der Waals surface area contributed by atoms with Crippen molar-refractivity contribution in [2.24, 2.45) is 5.92 Å². The van der Waals surface area contributed by atoms with E-state index < -0.39 is 0 Å². The number of nitro benzene ring substituents is 1. The van der Waals surface area contributed by atoms with Gasteiger partial charge in [0.1, 0.15) is 0 Å². The number of nitro groups is 1. The Labute approximate surface area is 106 Å². The number of anilines is 1. The molecule has 1 aromatic rings. The van der Waals surface area contributed by atoms with Crippen LogP contribution in [0.4, 0.5) is 11.4 Å². The number of non-ortho nitro benzene ring substituents is 1. The van der Waals surface area contributed by atoms with Gasteiger partial charge in [0.25, 0.3) is 5.69 Å². The minimum atomic E-state index is -0.371. The second kappa shape index (κ2) is 4.94. The highest BCUT2D eigenvalue weighted by atomic mass is 16.6. The Kier molecular flexibility index (Phi) is 3.52. The first-order valence-electron chi connectivity index (χ1n) is 6.11. The molecule has 0 bridgehead atoms. The molecule has 18 heavy (non-hydrogen) atoms. The van der Waals surface area contributed by atoms with Crippen molar-refractivity contribution in [3.63, 3.8) is 0 Å². The van der Waals surface area contributed by atoms with Gasteiger partial charge in [-0.25, -0.2) is 0 Å². The summed E-state index contributed by atoms with van der Waals surface area (Å²) in [4.78, 5) is 12.4. The van der Waals surface area contributed by atoms with Crippen molar-refractivity contribution in [1.82, 2.24) is 0 Å². The normalized spacial score (nSPS) is 22.4. The number of rotatable bonds is 4. The molecule has 0 unspecified atom stereocenters. The zero-order valence-electron chi connectivity index (χ0n) is 10.7. The maximum atomic E-state index is 10.8. The van der Waals surface area contributed by atoms with E-state index in [1.54, 1.807) is 12.1 Å². The van der Waals surface area contributed by atoms with Crippen LogP contribution in [0, 0.1) is 23.0 Å². The summed E-state index contributed by atoms with van der Waals surface area (Å²) in [5.41, 5.74) is 2.05. The Morgan fingerprint density at radius 1 is 1.50 bits per heavy atom. The molecule has 1 fully saturated rings. The minimum absolute atomic E-state index is 0.121. The summed E-state index contributed by atoms with van der Waals surface area (Å²) in [7, 11) is 1.94. The van der Waals surface area contributed by atoms with Crippen molar-refractivity contribution in [2.45, 2.75) is 25.9 Å². The number of hydrogen-bond donors (Lipinski definition) is 1. The van der Waals surface area contributed by atoms with Crippen LogP contribution < -0.4 is 4.90 Å². The monoisotopic (exact) mass is 250 g/mol. The maximum absolute atomic E-state index is 10.8. The van der Waals surface area contributed by atoms with Crippen LogP contribution in [-0.4, -0.2) is 29.7 Å². The first kappa shape index (κ1) is 12.8. The van der Waals surface area contributed by atoms with E-state index in [9.17, 15) is 15.2 Å². The van der Waals surface area contributed by atoms with E-state index in [1.807, 2.05) is 18.9 Å². The highest BCUT2D eigenvalue weighted by Gasteiger charge is 2.28. The third kappa shape index (κ3) is 2.61. The molecule has 1 aliphatic carbocycles. The fourth-order valence-electron chi connectivity index (χ4n) is 2.46. The summed E-state index contributed by atoms with van der Waals surface area (Å²) in [5, 5.41) is 20.0. The van der Waals surface area contributed by atoms with Gasteiger partial charge in [-0.15, -0.1) is 0 Å². The molecule has 0 heterocycles. The van der Waals surface area contributed by atoms with Crippen molar-refractivity contribution in [3.8, 4) is 0 Å². The summed E-state index contributed by atoms with van der Waals surface area (Å²) < 4.78 is 0. The second-order valence-electron chi connectivity index (χ2n) is 5.10. The first-order chi connectivity index (χ1) is 8.47. The number of aryl methyl sites for hydroxylation is 1.